The molecule has 0 bridgehead atoms. The molecule has 3 aromatic carbocycles. The van der Waals surface area contributed by atoms with E-state index in [0.717, 1.165) is 9.79 Å². The van der Waals surface area contributed by atoms with Gasteiger partial charge in [-0.15, -0.1) is 0 Å². The van der Waals surface area contributed by atoms with Crippen LogP contribution in [-0.4, -0.2) is 17.4 Å². The molecule has 0 aliphatic carbocycles. The third-order valence-corrected chi connectivity index (χ3v) is 4.73. The van der Waals surface area contributed by atoms with Crippen LogP contribution >= 0.6 is 11.8 Å². The molecule has 0 aliphatic heterocycles. The Labute approximate surface area is 156 Å². The lowest BCUT2D eigenvalue weighted by Crippen LogP contribution is -2.13. The Balaban J connectivity index is 1.71. The second kappa shape index (κ2) is 8.41. The molecule has 0 radical (unpaired) electrons. The summed E-state index contributed by atoms with van der Waals surface area (Å²) in [5, 5.41) is 0. The Kier molecular flexibility index (Phi) is 5.77. The van der Waals surface area contributed by atoms with Gasteiger partial charge in [0.2, 0.25) is 5.78 Å². The summed E-state index contributed by atoms with van der Waals surface area (Å²) in [7, 11) is 0. The predicted molar refractivity (Wildman–Crippen MR) is 105 cm³/mol. The van der Waals surface area contributed by atoms with Crippen LogP contribution in [0.1, 0.15) is 27.6 Å². The molecule has 0 unspecified atom stereocenters. The zero-order valence-electron chi connectivity index (χ0n) is 14.3. The van der Waals surface area contributed by atoms with Crippen molar-refractivity contribution in [3.8, 4) is 0 Å². The molecular weight excluding hydrogens is 342 g/mol. The maximum Gasteiger partial charge on any atom is 0.277 e. The molecule has 26 heavy (non-hydrogen) atoms. The lowest BCUT2D eigenvalue weighted by Gasteiger charge is -2.04. The number of hydrogen-bond donors (Lipinski definition) is 0. The maximum atomic E-state index is 12.5. The number of hydrogen-bond acceptors (Lipinski definition) is 3. The van der Waals surface area contributed by atoms with Gasteiger partial charge in [-0.25, -0.2) is 4.99 Å². The van der Waals surface area contributed by atoms with E-state index in [2.05, 4.69) is 4.99 Å². The second-order valence-corrected chi connectivity index (χ2v) is 6.78. The summed E-state index contributed by atoms with van der Waals surface area (Å²) >= 11 is 1.63. The van der Waals surface area contributed by atoms with Crippen molar-refractivity contribution in [1.29, 1.82) is 0 Å². The smallest absolute Gasteiger partial charge is 0.277 e. The number of aliphatic imine (C=N–C) groups is 1. The molecule has 0 saturated heterocycles. The first-order valence-electron chi connectivity index (χ1n) is 8.16. The molecule has 3 rings (SSSR count). The quantitative estimate of drug-likeness (QED) is 0.457. The van der Waals surface area contributed by atoms with Crippen LogP contribution in [0.3, 0.4) is 0 Å². The minimum absolute atomic E-state index is 0.183. The predicted octanol–water partition coefficient (Wildman–Crippen LogP) is 5.32. The average Bonchev–Trinajstić information content (AvgIpc) is 2.69. The first-order valence-corrected chi connectivity index (χ1v) is 8.97. The van der Waals surface area contributed by atoms with Gasteiger partial charge in [-0.3, -0.25) is 9.59 Å². The third-order valence-electron chi connectivity index (χ3n) is 3.71. The Morgan fingerprint density at radius 1 is 0.692 bits per heavy atom. The van der Waals surface area contributed by atoms with E-state index in [9.17, 15) is 9.59 Å². The standard InChI is InChI=1S/C22H17NO2S/c1-16(23-22(25)18-8-4-2-5-9-18)21(24)17-12-14-20(15-13-17)26-19-10-6-3-7-11-19/h2-15H,1H3. The maximum absolute atomic E-state index is 12.5. The lowest BCUT2D eigenvalue weighted by atomic mass is 10.1. The van der Waals surface area contributed by atoms with Gasteiger partial charge >= 0.3 is 0 Å². The van der Waals surface area contributed by atoms with E-state index >= 15 is 0 Å². The van der Waals surface area contributed by atoms with Crippen molar-refractivity contribution in [3.05, 3.63) is 96.1 Å². The van der Waals surface area contributed by atoms with Gasteiger partial charge in [0.15, 0.2) is 0 Å². The lowest BCUT2D eigenvalue weighted by molar-refractivity contribution is 0.0992. The Bertz CT molecular complexity index is 933. The van der Waals surface area contributed by atoms with E-state index < -0.39 is 5.91 Å². The van der Waals surface area contributed by atoms with Crippen LogP contribution in [0.5, 0.6) is 0 Å². The van der Waals surface area contributed by atoms with Gasteiger partial charge in [-0.2, -0.15) is 0 Å². The van der Waals surface area contributed by atoms with Crippen molar-refractivity contribution in [2.24, 2.45) is 4.99 Å². The van der Waals surface area contributed by atoms with E-state index in [-0.39, 0.29) is 11.5 Å². The molecule has 3 aromatic rings. The molecule has 0 N–H and O–H groups in total. The molecule has 128 valence electrons. The van der Waals surface area contributed by atoms with E-state index in [1.807, 2.05) is 48.5 Å². The molecule has 0 atom stereocenters. The number of amides is 1. The number of benzene rings is 3. The largest absolute Gasteiger partial charge is 0.287 e. The molecule has 0 fully saturated rings. The zero-order chi connectivity index (χ0) is 18.4. The van der Waals surface area contributed by atoms with Gasteiger partial charge in [0, 0.05) is 20.9 Å². The summed E-state index contributed by atoms with van der Waals surface area (Å²) in [6, 6.07) is 26.1. The van der Waals surface area contributed by atoms with Crippen LogP contribution in [0.25, 0.3) is 0 Å². The van der Waals surface area contributed by atoms with Crippen molar-refractivity contribution in [3.63, 3.8) is 0 Å². The summed E-state index contributed by atoms with van der Waals surface area (Å²) in [5.74, 6) is -0.654. The first kappa shape index (κ1) is 17.8. The molecule has 0 aromatic heterocycles. The van der Waals surface area contributed by atoms with Gasteiger partial charge in [-0.05, 0) is 55.5 Å². The minimum Gasteiger partial charge on any atom is -0.287 e. The summed E-state index contributed by atoms with van der Waals surface area (Å²) in [6.45, 7) is 1.57. The average molecular weight is 359 g/mol. The van der Waals surface area contributed by atoms with Crippen LogP contribution in [0, 0.1) is 0 Å². The third kappa shape index (κ3) is 4.55. The fourth-order valence-corrected chi connectivity index (χ4v) is 3.19. The highest BCUT2D eigenvalue weighted by molar-refractivity contribution is 7.99. The fraction of sp³-hybridized carbons (Fsp3) is 0.0455. The van der Waals surface area contributed by atoms with Gasteiger partial charge in [0.1, 0.15) is 0 Å². The Morgan fingerprint density at radius 2 is 1.23 bits per heavy atom. The highest BCUT2D eigenvalue weighted by Gasteiger charge is 2.12. The van der Waals surface area contributed by atoms with E-state index in [4.69, 9.17) is 0 Å². The van der Waals surface area contributed by atoms with E-state index in [1.54, 1.807) is 55.1 Å². The van der Waals surface area contributed by atoms with Crippen molar-refractivity contribution >= 4 is 29.2 Å². The van der Waals surface area contributed by atoms with Gasteiger partial charge < -0.3 is 0 Å². The fourth-order valence-electron chi connectivity index (χ4n) is 2.36. The highest BCUT2D eigenvalue weighted by atomic mass is 32.2. The monoisotopic (exact) mass is 359 g/mol. The number of carbonyl (C=O) groups excluding carboxylic acids is 2. The summed E-state index contributed by atoms with van der Waals surface area (Å²) in [6.07, 6.45) is 0. The first-order chi connectivity index (χ1) is 12.6. The number of rotatable bonds is 5. The molecule has 0 spiro atoms. The van der Waals surface area contributed by atoms with Crippen LogP contribution in [-0.2, 0) is 0 Å². The summed E-state index contributed by atoms with van der Waals surface area (Å²) < 4.78 is 0. The normalized spacial score (nSPS) is 11.2. The summed E-state index contributed by atoms with van der Waals surface area (Å²) in [5.41, 5.74) is 1.17. The number of ketones is 1. The molecule has 1 amide bonds. The molecule has 0 heterocycles. The van der Waals surface area contributed by atoms with Gasteiger partial charge in [0.25, 0.3) is 5.91 Å². The highest BCUT2D eigenvalue weighted by Crippen LogP contribution is 2.27. The minimum atomic E-state index is -0.410. The molecule has 0 aliphatic rings. The van der Waals surface area contributed by atoms with Crippen LogP contribution in [0.2, 0.25) is 0 Å². The van der Waals surface area contributed by atoms with Crippen molar-refractivity contribution < 1.29 is 9.59 Å². The van der Waals surface area contributed by atoms with E-state index in [1.165, 1.54) is 0 Å². The summed E-state index contributed by atoms with van der Waals surface area (Å²) in [4.78, 5) is 30.7. The molecule has 4 heteroatoms. The molecule has 3 nitrogen and oxygen atoms in total. The number of Topliss-reactive ketones (excluding diaryl/α,β-unsaturated/α-hetero) is 1. The second-order valence-electron chi connectivity index (χ2n) is 5.64. The number of carbonyl (C=O) groups is 2. The van der Waals surface area contributed by atoms with Crippen molar-refractivity contribution in [2.45, 2.75) is 16.7 Å². The van der Waals surface area contributed by atoms with Crippen LogP contribution in [0.4, 0.5) is 0 Å². The van der Waals surface area contributed by atoms with Gasteiger partial charge in [0.05, 0.1) is 5.71 Å². The van der Waals surface area contributed by atoms with Crippen molar-refractivity contribution in [1.82, 2.24) is 0 Å². The van der Waals surface area contributed by atoms with Gasteiger partial charge in [-0.1, -0.05) is 48.2 Å². The SMILES string of the molecule is CC(=NC(=O)c1ccccc1)C(=O)c1ccc(Sc2ccccc2)cc1. The Morgan fingerprint density at radius 3 is 1.85 bits per heavy atom. The zero-order valence-corrected chi connectivity index (χ0v) is 15.1. The number of nitrogens with zero attached hydrogens (tertiary/aromatic N) is 1. The molecular formula is C22H17NO2S. The van der Waals surface area contributed by atoms with Crippen LogP contribution < -0.4 is 0 Å². The Hall–Kier alpha value is -2.98. The molecule has 0 saturated carbocycles. The topological polar surface area (TPSA) is 46.5 Å². The van der Waals surface area contributed by atoms with Crippen LogP contribution in [0.15, 0.2) is 99.7 Å². The van der Waals surface area contributed by atoms with Crippen molar-refractivity contribution in [2.75, 3.05) is 0 Å². The van der Waals surface area contributed by atoms with E-state index in [0.29, 0.717) is 11.1 Å².